The maximum Gasteiger partial charge on any atom is 0.434 e. The van der Waals surface area contributed by atoms with E-state index in [4.69, 9.17) is 4.74 Å². The van der Waals surface area contributed by atoms with E-state index in [1.165, 1.54) is 0 Å². The van der Waals surface area contributed by atoms with Crippen LogP contribution in [0.2, 0.25) is 0 Å². The summed E-state index contributed by atoms with van der Waals surface area (Å²) in [6, 6.07) is 7.75. The molecule has 0 unspecified atom stereocenters. The van der Waals surface area contributed by atoms with Crippen molar-refractivity contribution in [2.24, 2.45) is 4.99 Å². The molecule has 0 aliphatic carbocycles. The lowest BCUT2D eigenvalue weighted by atomic mass is 10.2. The van der Waals surface area contributed by atoms with Crippen LogP contribution in [-0.4, -0.2) is 37.7 Å². The van der Waals surface area contributed by atoms with Crippen LogP contribution in [0.5, 0.6) is 5.75 Å². The molecule has 2 aromatic rings. The van der Waals surface area contributed by atoms with Crippen LogP contribution in [0.25, 0.3) is 0 Å². The topological polar surface area (TPSA) is 58.5 Å². The summed E-state index contributed by atoms with van der Waals surface area (Å²) in [5, 5.41) is 7.60. The number of hydrogen-bond acceptors (Lipinski definition) is 4. The van der Waals surface area contributed by atoms with Gasteiger partial charge in [0.25, 0.3) is 0 Å². The minimum absolute atomic E-state index is 0. The van der Waals surface area contributed by atoms with Crippen LogP contribution in [0.3, 0.4) is 0 Å². The van der Waals surface area contributed by atoms with E-state index in [0.717, 1.165) is 28.0 Å². The van der Waals surface area contributed by atoms with Crippen LogP contribution in [-0.2, 0) is 12.6 Å². The summed E-state index contributed by atoms with van der Waals surface area (Å²) in [6.45, 7) is 3.42. The standard InChI is InChI=1S/C17H21F3N4OS.HI/c1-12-5-3-4-6-13(12)25-10-9-23-16(21-2)22-8-7-15-24-14(11-26-15)17(18,19)20;/h3-6,11H,7-10H2,1-2H3,(H2,21,22,23);1H. The van der Waals surface area contributed by atoms with E-state index in [0.29, 0.717) is 37.1 Å². The zero-order chi connectivity index (χ0) is 19.0. The fourth-order valence-electron chi connectivity index (χ4n) is 2.11. The van der Waals surface area contributed by atoms with E-state index in [1.54, 1.807) is 7.05 Å². The maximum absolute atomic E-state index is 12.5. The van der Waals surface area contributed by atoms with Gasteiger partial charge in [0.15, 0.2) is 11.7 Å². The minimum Gasteiger partial charge on any atom is -0.491 e. The maximum atomic E-state index is 12.5. The smallest absolute Gasteiger partial charge is 0.434 e. The Balaban J connectivity index is 0.00000364. The first-order valence-electron chi connectivity index (χ1n) is 8.04. The number of hydrogen-bond donors (Lipinski definition) is 2. The lowest BCUT2D eigenvalue weighted by Gasteiger charge is -2.13. The molecule has 0 radical (unpaired) electrons. The van der Waals surface area contributed by atoms with Gasteiger partial charge in [-0.3, -0.25) is 4.99 Å². The number of nitrogens with one attached hydrogen (secondary N) is 2. The Morgan fingerprint density at radius 2 is 1.93 bits per heavy atom. The second kappa shape index (κ2) is 11.3. The van der Waals surface area contributed by atoms with Gasteiger partial charge in [0.1, 0.15) is 12.4 Å². The van der Waals surface area contributed by atoms with Gasteiger partial charge in [-0.25, -0.2) is 4.98 Å². The van der Waals surface area contributed by atoms with Crippen molar-refractivity contribution in [1.29, 1.82) is 0 Å². The van der Waals surface area contributed by atoms with Crippen molar-refractivity contribution >= 4 is 41.3 Å². The van der Waals surface area contributed by atoms with Crippen molar-refractivity contribution in [1.82, 2.24) is 15.6 Å². The highest BCUT2D eigenvalue weighted by molar-refractivity contribution is 14.0. The second-order valence-corrected chi connectivity index (χ2v) is 6.36. The van der Waals surface area contributed by atoms with Gasteiger partial charge < -0.3 is 15.4 Å². The minimum atomic E-state index is -4.39. The summed E-state index contributed by atoms with van der Waals surface area (Å²) in [4.78, 5) is 7.66. The van der Waals surface area contributed by atoms with E-state index >= 15 is 0 Å². The van der Waals surface area contributed by atoms with Gasteiger partial charge in [0.2, 0.25) is 0 Å². The molecule has 2 rings (SSSR count). The monoisotopic (exact) mass is 514 g/mol. The lowest BCUT2D eigenvalue weighted by Crippen LogP contribution is -2.40. The van der Waals surface area contributed by atoms with Crippen molar-refractivity contribution in [3.05, 3.63) is 45.9 Å². The molecule has 0 saturated carbocycles. The van der Waals surface area contributed by atoms with Crippen LogP contribution in [0.1, 0.15) is 16.3 Å². The molecule has 0 atom stereocenters. The van der Waals surface area contributed by atoms with Gasteiger partial charge in [-0.1, -0.05) is 18.2 Å². The Kier molecular flexibility index (Phi) is 9.84. The summed E-state index contributed by atoms with van der Waals surface area (Å²) in [5.74, 6) is 1.40. The molecule has 27 heavy (non-hydrogen) atoms. The number of halogens is 4. The van der Waals surface area contributed by atoms with E-state index < -0.39 is 11.9 Å². The van der Waals surface area contributed by atoms with Crippen molar-refractivity contribution in [2.45, 2.75) is 19.5 Å². The largest absolute Gasteiger partial charge is 0.491 e. The summed E-state index contributed by atoms with van der Waals surface area (Å²) >= 11 is 1.00. The molecule has 0 spiro atoms. The molecule has 5 nitrogen and oxygen atoms in total. The molecule has 0 bridgehead atoms. The second-order valence-electron chi connectivity index (χ2n) is 5.41. The Labute approximate surface area is 177 Å². The number of ether oxygens (including phenoxy) is 1. The number of rotatable bonds is 7. The molecule has 150 valence electrons. The Hall–Kier alpha value is -1.56. The zero-order valence-electron chi connectivity index (χ0n) is 15.0. The lowest BCUT2D eigenvalue weighted by molar-refractivity contribution is -0.140. The van der Waals surface area contributed by atoms with Crippen LogP contribution < -0.4 is 15.4 Å². The molecule has 0 aliphatic heterocycles. The van der Waals surface area contributed by atoms with Gasteiger partial charge >= 0.3 is 6.18 Å². The first kappa shape index (κ1) is 23.5. The summed E-state index contributed by atoms with van der Waals surface area (Å²) in [5.41, 5.74) is 0.227. The third-order valence-electron chi connectivity index (χ3n) is 3.44. The summed E-state index contributed by atoms with van der Waals surface area (Å²) in [6.07, 6.45) is -4.00. The molecule has 0 saturated heterocycles. The third kappa shape index (κ3) is 7.91. The molecule has 1 aromatic heterocycles. The SMILES string of the molecule is CN=C(NCCOc1ccccc1C)NCCc1nc(C(F)(F)F)cs1.I. The highest BCUT2D eigenvalue weighted by atomic mass is 127. The van der Waals surface area contributed by atoms with Crippen molar-refractivity contribution in [3.8, 4) is 5.75 Å². The Bertz CT molecular complexity index is 737. The zero-order valence-corrected chi connectivity index (χ0v) is 18.1. The average molecular weight is 514 g/mol. The number of benzene rings is 1. The van der Waals surface area contributed by atoms with E-state index in [1.807, 2.05) is 31.2 Å². The first-order chi connectivity index (χ1) is 12.4. The predicted molar refractivity (Wildman–Crippen MR) is 112 cm³/mol. The fourth-order valence-corrected chi connectivity index (χ4v) is 2.92. The van der Waals surface area contributed by atoms with Crippen LogP contribution in [0, 0.1) is 6.92 Å². The average Bonchev–Trinajstić information content (AvgIpc) is 3.07. The number of para-hydroxylation sites is 1. The molecule has 0 fully saturated rings. The fraction of sp³-hybridized carbons (Fsp3) is 0.412. The summed E-state index contributed by atoms with van der Waals surface area (Å²) < 4.78 is 43.2. The van der Waals surface area contributed by atoms with Gasteiger partial charge in [0.05, 0.1) is 11.6 Å². The third-order valence-corrected chi connectivity index (χ3v) is 4.35. The van der Waals surface area contributed by atoms with Crippen LogP contribution in [0.15, 0.2) is 34.6 Å². The highest BCUT2D eigenvalue weighted by Crippen LogP contribution is 2.29. The normalized spacial score (nSPS) is 11.7. The molecule has 1 heterocycles. The summed E-state index contributed by atoms with van der Waals surface area (Å²) in [7, 11) is 1.63. The van der Waals surface area contributed by atoms with Gasteiger partial charge in [-0.05, 0) is 18.6 Å². The number of nitrogens with zero attached hydrogens (tertiary/aromatic N) is 2. The number of aliphatic imine (C=N–C) groups is 1. The van der Waals surface area contributed by atoms with Gasteiger partial charge in [-0.15, -0.1) is 35.3 Å². The van der Waals surface area contributed by atoms with E-state index in [2.05, 4.69) is 20.6 Å². The van der Waals surface area contributed by atoms with Crippen LogP contribution in [0.4, 0.5) is 13.2 Å². The quantitative estimate of drug-likeness (QED) is 0.255. The van der Waals surface area contributed by atoms with E-state index in [-0.39, 0.29) is 24.0 Å². The number of aryl methyl sites for hydroxylation is 1. The first-order valence-corrected chi connectivity index (χ1v) is 8.92. The Morgan fingerprint density at radius 1 is 1.22 bits per heavy atom. The molecule has 1 aromatic carbocycles. The molecular formula is C17H22F3IN4OS. The molecule has 0 aliphatic rings. The number of aromatic nitrogens is 1. The molecule has 0 amide bonds. The number of alkyl halides is 3. The number of thiazole rings is 1. The number of guanidine groups is 1. The highest BCUT2D eigenvalue weighted by Gasteiger charge is 2.33. The van der Waals surface area contributed by atoms with Crippen LogP contribution >= 0.6 is 35.3 Å². The predicted octanol–water partition coefficient (Wildman–Crippen LogP) is 3.87. The van der Waals surface area contributed by atoms with Crippen molar-refractivity contribution in [2.75, 3.05) is 26.7 Å². The van der Waals surface area contributed by atoms with Crippen molar-refractivity contribution < 1.29 is 17.9 Å². The van der Waals surface area contributed by atoms with Gasteiger partial charge in [0, 0.05) is 25.4 Å². The van der Waals surface area contributed by atoms with Gasteiger partial charge in [-0.2, -0.15) is 13.2 Å². The molecule has 2 N–H and O–H groups in total. The Morgan fingerprint density at radius 3 is 2.56 bits per heavy atom. The van der Waals surface area contributed by atoms with Crippen molar-refractivity contribution in [3.63, 3.8) is 0 Å². The van der Waals surface area contributed by atoms with E-state index in [9.17, 15) is 13.2 Å². The molecular weight excluding hydrogens is 492 g/mol. The molecule has 10 heteroatoms.